The molecule has 2 rings (SSSR count). The van der Waals surface area contributed by atoms with Crippen LogP contribution in [0.15, 0.2) is 48.5 Å². The second-order valence-corrected chi connectivity index (χ2v) is 4.57. The number of carbonyl (C=O) groups excluding carboxylic acids is 1. The van der Waals surface area contributed by atoms with Crippen molar-refractivity contribution in [2.24, 2.45) is 0 Å². The quantitative estimate of drug-likeness (QED) is 0.825. The normalized spacial score (nSPS) is 10.3. The van der Waals surface area contributed by atoms with Crippen molar-refractivity contribution in [3.63, 3.8) is 0 Å². The smallest absolute Gasteiger partial charge is 0.256 e. The Kier molecular flexibility index (Phi) is 3.95. The summed E-state index contributed by atoms with van der Waals surface area (Å²) in [4.78, 5) is 13.7. The molecule has 0 aliphatic heterocycles. The van der Waals surface area contributed by atoms with Crippen LogP contribution in [-0.4, -0.2) is 17.9 Å². The lowest BCUT2D eigenvalue weighted by Gasteiger charge is -2.18. The average Bonchev–Trinajstić information content (AvgIpc) is 2.41. The highest BCUT2D eigenvalue weighted by atomic mass is 19.1. The molecule has 0 aliphatic rings. The van der Waals surface area contributed by atoms with Crippen LogP contribution in [0.25, 0.3) is 0 Å². The summed E-state index contributed by atoms with van der Waals surface area (Å²) in [5.41, 5.74) is 2.30. The molecule has 0 fully saturated rings. The Hall–Kier alpha value is -2.16. The maximum atomic E-state index is 13.6. The van der Waals surface area contributed by atoms with Crippen LogP contribution < -0.4 is 0 Å². The van der Waals surface area contributed by atoms with Crippen molar-refractivity contribution in [3.8, 4) is 0 Å². The number of benzene rings is 2. The van der Waals surface area contributed by atoms with E-state index in [0.29, 0.717) is 6.54 Å². The van der Waals surface area contributed by atoms with E-state index in [1.165, 1.54) is 17.0 Å². The van der Waals surface area contributed by atoms with Crippen molar-refractivity contribution in [1.82, 2.24) is 4.90 Å². The third-order valence-electron chi connectivity index (χ3n) is 3.12. The molecule has 0 saturated carbocycles. The maximum absolute atomic E-state index is 13.6. The number of hydrogen-bond donors (Lipinski definition) is 0. The van der Waals surface area contributed by atoms with Crippen LogP contribution >= 0.6 is 0 Å². The van der Waals surface area contributed by atoms with Gasteiger partial charge in [-0.2, -0.15) is 0 Å². The van der Waals surface area contributed by atoms with E-state index in [9.17, 15) is 9.18 Å². The van der Waals surface area contributed by atoms with E-state index in [2.05, 4.69) is 0 Å². The molecule has 0 saturated heterocycles. The number of carbonyl (C=O) groups is 1. The van der Waals surface area contributed by atoms with Crippen LogP contribution in [0.5, 0.6) is 0 Å². The average molecular weight is 257 g/mol. The minimum absolute atomic E-state index is 0.110. The molecule has 2 aromatic rings. The third kappa shape index (κ3) is 2.99. The van der Waals surface area contributed by atoms with Crippen LogP contribution in [0.4, 0.5) is 4.39 Å². The van der Waals surface area contributed by atoms with E-state index in [0.717, 1.165) is 11.1 Å². The van der Waals surface area contributed by atoms with Gasteiger partial charge in [-0.25, -0.2) is 4.39 Å². The van der Waals surface area contributed by atoms with Gasteiger partial charge >= 0.3 is 0 Å². The molecular formula is C16H16FNO. The van der Waals surface area contributed by atoms with Gasteiger partial charge in [-0.15, -0.1) is 0 Å². The number of rotatable bonds is 3. The molecule has 0 radical (unpaired) electrons. The van der Waals surface area contributed by atoms with Crippen LogP contribution in [0.2, 0.25) is 0 Å². The van der Waals surface area contributed by atoms with Crippen molar-refractivity contribution in [2.75, 3.05) is 7.05 Å². The first-order valence-electron chi connectivity index (χ1n) is 6.14. The van der Waals surface area contributed by atoms with E-state index < -0.39 is 5.82 Å². The minimum atomic E-state index is -0.482. The van der Waals surface area contributed by atoms with Gasteiger partial charge in [0.15, 0.2) is 0 Å². The Morgan fingerprint density at radius 3 is 2.42 bits per heavy atom. The molecule has 0 aromatic heterocycles. The molecule has 0 atom stereocenters. The summed E-state index contributed by atoms with van der Waals surface area (Å²) in [6, 6.07) is 13.9. The lowest BCUT2D eigenvalue weighted by Crippen LogP contribution is -2.27. The van der Waals surface area contributed by atoms with Crippen molar-refractivity contribution in [1.29, 1.82) is 0 Å². The number of hydrogen-bond acceptors (Lipinski definition) is 1. The summed E-state index contributed by atoms with van der Waals surface area (Å²) in [6.45, 7) is 2.47. The third-order valence-corrected chi connectivity index (χ3v) is 3.12. The topological polar surface area (TPSA) is 20.3 Å². The standard InChI is InChI=1S/C16H16FNO/c1-12-7-3-4-8-13(12)11-18(2)16(19)14-9-5-6-10-15(14)17/h3-10H,11H2,1-2H3. The van der Waals surface area contributed by atoms with E-state index in [4.69, 9.17) is 0 Å². The molecule has 0 unspecified atom stereocenters. The van der Waals surface area contributed by atoms with E-state index in [1.54, 1.807) is 19.2 Å². The minimum Gasteiger partial charge on any atom is -0.337 e. The van der Waals surface area contributed by atoms with E-state index >= 15 is 0 Å². The van der Waals surface area contributed by atoms with Gasteiger partial charge in [0.05, 0.1) is 5.56 Å². The molecule has 0 bridgehead atoms. The second-order valence-electron chi connectivity index (χ2n) is 4.57. The number of aryl methyl sites for hydroxylation is 1. The zero-order chi connectivity index (χ0) is 13.8. The van der Waals surface area contributed by atoms with Crippen LogP contribution in [0.1, 0.15) is 21.5 Å². The monoisotopic (exact) mass is 257 g/mol. The molecular weight excluding hydrogens is 241 g/mol. The van der Waals surface area contributed by atoms with Crippen LogP contribution in [-0.2, 0) is 6.54 Å². The van der Waals surface area contributed by atoms with Gasteiger partial charge in [0.2, 0.25) is 0 Å². The van der Waals surface area contributed by atoms with Crippen molar-refractivity contribution in [3.05, 3.63) is 71.0 Å². The van der Waals surface area contributed by atoms with Crippen molar-refractivity contribution < 1.29 is 9.18 Å². The van der Waals surface area contributed by atoms with E-state index in [-0.39, 0.29) is 11.5 Å². The van der Waals surface area contributed by atoms with Crippen LogP contribution in [0, 0.1) is 12.7 Å². The SMILES string of the molecule is Cc1ccccc1CN(C)C(=O)c1ccccc1F. The zero-order valence-corrected chi connectivity index (χ0v) is 11.1. The molecule has 0 spiro atoms. The first kappa shape index (κ1) is 13.3. The Morgan fingerprint density at radius 2 is 1.74 bits per heavy atom. The molecule has 0 aliphatic carbocycles. The van der Waals surface area contributed by atoms with Gasteiger partial charge in [0, 0.05) is 13.6 Å². The second kappa shape index (κ2) is 5.65. The predicted octanol–water partition coefficient (Wildman–Crippen LogP) is 3.41. The summed E-state index contributed by atoms with van der Waals surface area (Å²) in [5.74, 6) is -0.787. The molecule has 19 heavy (non-hydrogen) atoms. The summed E-state index contributed by atoms with van der Waals surface area (Å²) >= 11 is 0. The van der Waals surface area contributed by atoms with Crippen LogP contribution in [0.3, 0.4) is 0 Å². The summed E-state index contributed by atoms with van der Waals surface area (Å²) in [6.07, 6.45) is 0. The van der Waals surface area contributed by atoms with Gasteiger partial charge in [-0.1, -0.05) is 36.4 Å². The summed E-state index contributed by atoms with van der Waals surface area (Å²) < 4.78 is 13.6. The molecule has 2 nitrogen and oxygen atoms in total. The molecule has 98 valence electrons. The highest BCUT2D eigenvalue weighted by Gasteiger charge is 2.16. The molecule has 3 heteroatoms. The molecule has 0 heterocycles. The summed E-state index contributed by atoms with van der Waals surface area (Å²) in [5, 5.41) is 0. The molecule has 0 N–H and O–H groups in total. The Morgan fingerprint density at radius 1 is 1.11 bits per heavy atom. The number of amides is 1. The van der Waals surface area contributed by atoms with Gasteiger partial charge in [-0.05, 0) is 30.2 Å². The fourth-order valence-electron chi connectivity index (χ4n) is 1.96. The highest BCUT2D eigenvalue weighted by Crippen LogP contribution is 2.13. The van der Waals surface area contributed by atoms with Gasteiger partial charge in [0.25, 0.3) is 5.91 Å². The highest BCUT2D eigenvalue weighted by molar-refractivity contribution is 5.94. The maximum Gasteiger partial charge on any atom is 0.256 e. The van der Waals surface area contributed by atoms with Gasteiger partial charge in [-0.3, -0.25) is 4.79 Å². The fraction of sp³-hybridized carbons (Fsp3) is 0.188. The van der Waals surface area contributed by atoms with Crippen molar-refractivity contribution in [2.45, 2.75) is 13.5 Å². The Bertz CT molecular complexity index is 595. The Balaban J connectivity index is 2.17. The lowest BCUT2D eigenvalue weighted by molar-refractivity contribution is 0.0780. The van der Waals surface area contributed by atoms with Crippen molar-refractivity contribution >= 4 is 5.91 Å². The van der Waals surface area contributed by atoms with Gasteiger partial charge < -0.3 is 4.90 Å². The lowest BCUT2D eigenvalue weighted by atomic mass is 10.1. The molecule has 2 aromatic carbocycles. The molecule has 1 amide bonds. The summed E-state index contributed by atoms with van der Waals surface area (Å²) in [7, 11) is 1.68. The van der Waals surface area contributed by atoms with E-state index in [1.807, 2.05) is 31.2 Å². The fourth-order valence-corrected chi connectivity index (χ4v) is 1.96. The number of nitrogens with zero attached hydrogens (tertiary/aromatic N) is 1. The zero-order valence-electron chi connectivity index (χ0n) is 11.1. The number of halogens is 1. The first-order valence-corrected chi connectivity index (χ1v) is 6.14. The predicted molar refractivity (Wildman–Crippen MR) is 73.4 cm³/mol. The Labute approximate surface area is 112 Å². The first-order chi connectivity index (χ1) is 9.09. The largest absolute Gasteiger partial charge is 0.337 e. The van der Waals surface area contributed by atoms with Gasteiger partial charge in [0.1, 0.15) is 5.82 Å².